The van der Waals surface area contributed by atoms with Crippen molar-refractivity contribution in [3.8, 4) is 0 Å². The highest BCUT2D eigenvalue weighted by Crippen LogP contribution is 2.31. The summed E-state index contributed by atoms with van der Waals surface area (Å²) >= 11 is 0. The van der Waals surface area contributed by atoms with Crippen molar-refractivity contribution in [1.29, 1.82) is 0 Å². The Kier molecular flexibility index (Phi) is 2.84. The lowest BCUT2D eigenvalue weighted by Crippen LogP contribution is -2.19. The van der Waals surface area contributed by atoms with Gasteiger partial charge >= 0.3 is 0 Å². The van der Waals surface area contributed by atoms with Gasteiger partial charge in [0.2, 0.25) is 0 Å². The fraction of sp³-hybridized carbons (Fsp3) is 0.700. The Morgan fingerprint density at radius 1 is 1.64 bits per heavy atom. The fourth-order valence-electron chi connectivity index (χ4n) is 1.98. The average molecular weight is 195 g/mol. The Morgan fingerprint density at radius 3 is 3.14 bits per heavy atom. The first kappa shape index (κ1) is 9.68. The van der Waals surface area contributed by atoms with Crippen molar-refractivity contribution >= 4 is 0 Å². The van der Waals surface area contributed by atoms with Crippen LogP contribution in [0.25, 0.3) is 0 Å². The highest BCUT2D eigenvalue weighted by Gasteiger charge is 2.27. The fourth-order valence-corrected chi connectivity index (χ4v) is 1.98. The van der Waals surface area contributed by atoms with Gasteiger partial charge in [0.25, 0.3) is 0 Å². The van der Waals surface area contributed by atoms with Crippen LogP contribution in [0.3, 0.4) is 0 Å². The van der Waals surface area contributed by atoms with E-state index < -0.39 is 0 Å². The maximum absolute atomic E-state index is 5.81. The molecule has 78 valence electrons. The van der Waals surface area contributed by atoms with E-state index in [9.17, 15) is 0 Å². The molecule has 1 aromatic rings. The summed E-state index contributed by atoms with van der Waals surface area (Å²) in [4.78, 5) is 0. The predicted molar refractivity (Wildman–Crippen MR) is 53.8 cm³/mol. The molecular formula is C10H17N3O. The van der Waals surface area contributed by atoms with Gasteiger partial charge in [-0.15, -0.1) is 0 Å². The van der Waals surface area contributed by atoms with Gasteiger partial charge in [0.15, 0.2) is 0 Å². The van der Waals surface area contributed by atoms with Crippen LogP contribution >= 0.6 is 0 Å². The summed E-state index contributed by atoms with van der Waals surface area (Å²) in [6.07, 6.45) is 4.40. The normalized spacial score (nSPS) is 27.0. The molecule has 2 atom stereocenters. The van der Waals surface area contributed by atoms with E-state index in [-0.39, 0.29) is 12.2 Å². The van der Waals surface area contributed by atoms with Gasteiger partial charge in [0, 0.05) is 19.3 Å². The van der Waals surface area contributed by atoms with Gasteiger partial charge < -0.3 is 10.5 Å². The molecule has 0 amide bonds. The largest absolute Gasteiger partial charge is 0.367 e. The van der Waals surface area contributed by atoms with Gasteiger partial charge in [-0.25, -0.2) is 0 Å². The number of nitrogens with two attached hydrogens (primary N) is 1. The Hall–Kier alpha value is -0.870. The van der Waals surface area contributed by atoms with Crippen LogP contribution in [0.5, 0.6) is 0 Å². The van der Waals surface area contributed by atoms with Crippen molar-refractivity contribution < 1.29 is 4.74 Å². The Balaban J connectivity index is 2.09. The maximum Gasteiger partial charge on any atom is 0.0996 e. The molecule has 2 N–H and O–H groups in total. The van der Waals surface area contributed by atoms with E-state index in [1.165, 1.54) is 5.69 Å². The quantitative estimate of drug-likeness (QED) is 0.785. The molecule has 0 radical (unpaired) electrons. The molecule has 1 aliphatic heterocycles. The first-order chi connectivity index (χ1) is 6.85. The summed E-state index contributed by atoms with van der Waals surface area (Å²) in [7, 11) is 0. The zero-order valence-electron chi connectivity index (χ0n) is 8.52. The molecule has 1 aliphatic rings. The SMILES string of the molecule is CCn1nccc1C1CCC(CN)O1. The zero-order valence-corrected chi connectivity index (χ0v) is 8.52. The summed E-state index contributed by atoms with van der Waals surface area (Å²) < 4.78 is 7.80. The van der Waals surface area contributed by atoms with E-state index >= 15 is 0 Å². The molecule has 0 saturated carbocycles. The molecule has 2 rings (SSSR count). The van der Waals surface area contributed by atoms with Crippen molar-refractivity contribution in [2.75, 3.05) is 6.54 Å². The maximum atomic E-state index is 5.81. The molecule has 1 aromatic heterocycles. The van der Waals surface area contributed by atoms with Gasteiger partial charge in [0.05, 0.1) is 17.9 Å². The van der Waals surface area contributed by atoms with Crippen LogP contribution < -0.4 is 5.73 Å². The van der Waals surface area contributed by atoms with Gasteiger partial charge in [-0.3, -0.25) is 4.68 Å². The molecule has 1 saturated heterocycles. The number of aromatic nitrogens is 2. The standard InChI is InChI=1S/C10H17N3O/c1-2-13-9(5-6-12-13)10-4-3-8(7-11)14-10/h5-6,8,10H,2-4,7,11H2,1H3. The number of rotatable bonds is 3. The molecule has 0 spiro atoms. The van der Waals surface area contributed by atoms with Gasteiger partial charge in [0.1, 0.15) is 0 Å². The van der Waals surface area contributed by atoms with Gasteiger partial charge in [-0.05, 0) is 25.8 Å². The Morgan fingerprint density at radius 2 is 2.50 bits per heavy atom. The predicted octanol–water partition coefficient (Wildman–Crippen LogP) is 1.08. The molecule has 4 nitrogen and oxygen atoms in total. The number of nitrogens with zero attached hydrogens (tertiary/aromatic N) is 2. The molecule has 0 aromatic carbocycles. The number of aryl methyl sites for hydroxylation is 1. The third-order valence-electron chi connectivity index (χ3n) is 2.75. The van der Waals surface area contributed by atoms with Crippen LogP contribution in [0.1, 0.15) is 31.6 Å². The average Bonchev–Trinajstić information content (AvgIpc) is 2.85. The zero-order chi connectivity index (χ0) is 9.97. The summed E-state index contributed by atoms with van der Waals surface area (Å²) in [6.45, 7) is 3.61. The highest BCUT2D eigenvalue weighted by molar-refractivity contribution is 5.06. The molecular weight excluding hydrogens is 178 g/mol. The minimum atomic E-state index is 0.200. The number of hydrogen-bond acceptors (Lipinski definition) is 3. The number of hydrogen-bond donors (Lipinski definition) is 1. The minimum Gasteiger partial charge on any atom is -0.367 e. The van der Waals surface area contributed by atoms with E-state index in [0.29, 0.717) is 6.54 Å². The second kappa shape index (κ2) is 4.11. The summed E-state index contributed by atoms with van der Waals surface area (Å²) in [5.74, 6) is 0. The van der Waals surface area contributed by atoms with E-state index in [0.717, 1.165) is 19.4 Å². The molecule has 1 fully saturated rings. The van der Waals surface area contributed by atoms with E-state index in [1.54, 1.807) is 0 Å². The third kappa shape index (κ3) is 1.67. The van der Waals surface area contributed by atoms with E-state index in [4.69, 9.17) is 10.5 Å². The topological polar surface area (TPSA) is 53.1 Å². The van der Waals surface area contributed by atoms with Crippen molar-refractivity contribution in [1.82, 2.24) is 9.78 Å². The molecule has 0 bridgehead atoms. The van der Waals surface area contributed by atoms with Crippen molar-refractivity contribution in [2.24, 2.45) is 5.73 Å². The van der Waals surface area contributed by atoms with Crippen LogP contribution in [0.4, 0.5) is 0 Å². The lowest BCUT2D eigenvalue weighted by molar-refractivity contribution is 0.0447. The van der Waals surface area contributed by atoms with E-state index in [1.807, 2.05) is 16.9 Å². The lowest BCUT2D eigenvalue weighted by atomic mass is 10.1. The van der Waals surface area contributed by atoms with Crippen LogP contribution in [0, 0.1) is 0 Å². The number of ether oxygens (including phenoxy) is 1. The molecule has 2 unspecified atom stereocenters. The Bertz CT molecular complexity index is 297. The summed E-state index contributed by atoms with van der Waals surface area (Å²) in [5.41, 5.74) is 6.76. The Labute approximate surface area is 84.0 Å². The first-order valence-corrected chi connectivity index (χ1v) is 5.22. The molecule has 0 aliphatic carbocycles. The summed E-state index contributed by atoms with van der Waals surface area (Å²) in [6, 6.07) is 2.03. The first-order valence-electron chi connectivity index (χ1n) is 5.22. The van der Waals surface area contributed by atoms with Gasteiger partial charge in [-0.2, -0.15) is 5.10 Å². The van der Waals surface area contributed by atoms with Crippen LogP contribution in [-0.2, 0) is 11.3 Å². The summed E-state index contributed by atoms with van der Waals surface area (Å²) in [5, 5.41) is 4.24. The van der Waals surface area contributed by atoms with E-state index in [2.05, 4.69) is 12.0 Å². The molecule has 4 heteroatoms. The second-order valence-electron chi connectivity index (χ2n) is 3.63. The highest BCUT2D eigenvalue weighted by atomic mass is 16.5. The lowest BCUT2D eigenvalue weighted by Gasteiger charge is -2.13. The molecule has 14 heavy (non-hydrogen) atoms. The van der Waals surface area contributed by atoms with Crippen LogP contribution in [-0.4, -0.2) is 22.4 Å². The van der Waals surface area contributed by atoms with Crippen LogP contribution in [0.15, 0.2) is 12.3 Å². The molecule has 2 heterocycles. The minimum absolute atomic E-state index is 0.200. The van der Waals surface area contributed by atoms with Crippen molar-refractivity contribution in [3.63, 3.8) is 0 Å². The van der Waals surface area contributed by atoms with Crippen molar-refractivity contribution in [3.05, 3.63) is 18.0 Å². The monoisotopic (exact) mass is 195 g/mol. The van der Waals surface area contributed by atoms with Crippen molar-refractivity contribution in [2.45, 2.75) is 38.5 Å². The smallest absolute Gasteiger partial charge is 0.0996 e. The van der Waals surface area contributed by atoms with Gasteiger partial charge in [-0.1, -0.05) is 0 Å². The van der Waals surface area contributed by atoms with Crippen LogP contribution in [0.2, 0.25) is 0 Å². The third-order valence-corrected chi connectivity index (χ3v) is 2.75. The second-order valence-corrected chi connectivity index (χ2v) is 3.63.